The van der Waals surface area contributed by atoms with E-state index in [1.807, 2.05) is 0 Å². The zero-order valence-electron chi connectivity index (χ0n) is 11.1. The second-order valence-electron chi connectivity index (χ2n) is 4.54. The van der Waals surface area contributed by atoms with Gasteiger partial charge in [0.2, 0.25) is 0 Å². The van der Waals surface area contributed by atoms with Gasteiger partial charge in [-0.05, 0) is 24.3 Å². The number of rotatable bonds is 2. The SMILES string of the molecule is O=C(Nc1ccc2c(c1)OCCCO2)c1ccc(Cl)nc1. The fourth-order valence-corrected chi connectivity index (χ4v) is 2.07. The highest BCUT2D eigenvalue weighted by Crippen LogP contribution is 2.32. The Morgan fingerprint density at radius 3 is 2.71 bits per heavy atom. The van der Waals surface area contributed by atoms with E-state index < -0.39 is 0 Å². The minimum atomic E-state index is -0.256. The highest BCUT2D eigenvalue weighted by atomic mass is 35.5. The first-order valence-electron chi connectivity index (χ1n) is 6.55. The number of hydrogen-bond donors (Lipinski definition) is 1. The minimum Gasteiger partial charge on any atom is -0.490 e. The second-order valence-corrected chi connectivity index (χ2v) is 4.92. The highest BCUT2D eigenvalue weighted by molar-refractivity contribution is 6.29. The number of halogens is 1. The summed E-state index contributed by atoms with van der Waals surface area (Å²) in [4.78, 5) is 16.0. The van der Waals surface area contributed by atoms with Crippen LogP contribution in [0.15, 0.2) is 36.5 Å². The molecule has 0 saturated carbocycles. The quantitative estimate of drug-likeness (QED) is 0.866. The zero-order chi connectivity index (χ0) is 14.7. The van der Waals surface area contributed by atoms with Gasteiger partial charge in [0, 0.05) is 24.4 Å². The van der Waals surface area contributed by atoms with Crippen molar-refractivity contribution < 1.29 is 14.3 Å². The van der Waals surface area contributed by atoms with Crippen LogP contribution in [-0.2, 0) is 0 Å². The number of carbonyl (C=O) groups excluding carboxylic acids is 1. The van der Waals surface area contributed by atoms with E-state index in [9.17, 15) is 4.79 Å². The number of nitrogens with zero attached hydrogens (tertiary/aromatic N) is 1. The van der Waals surface area contributed by atoms with E-state index in [1.165, 1.54) is 6.20 Å². The molecule has 0 saturated heterocycles. The first-order chi connectivity index (χ1) is 10.2. The van der Waals surface area contributed by atoms with Crippen LogP contribution in [-0.4, -0.2) is 24.1 Å². The van der Waals surface area contributed by atoms with Gasteiger partial charge in [-0.1, -0.05) is 11.6 Å². The van der Waals surface area contributed by atoms with Crippen molar-refractivity contribution in [3.05, 3.63) is 47.2 Å². The summed E-state index contributed by atoms with van der Waals surface area (Å²) in [7, 11) is 0. The molecule has 5 nitrogen and oxygen atoms in total. The molecule has 6 heteroatoms. The van der Waals surface area contributed by atoms with E-state index in [4.69, 9.17) is 21.1 Å². The van der Waals surface area contributed by atoms with E-state index in [2.05, 4.69) is 10.3 Å². The Balaban J connectivity index is 1.77. The number of fused-ring (bicyclic) bond motifs is 1. The fraction of sp³-hybridized carbons (Fsp3) is 0.200. The summed E-state index contributed by atoms with van der Waals surface area (Å²) < 4.78 is 11.1. The molecule has 3 rings (SSSR count). The van der Waals surface area contributed by atoms with Crippen LogP contribution >= 0.6 is 11.6 Å². The van der Waals surface area contributed by atoms with Gasteiger partial charge in [0.05, 0.1) is 18.8 Å². The topological polar surface area (TPSA) is 60.5 Å². The number of anilines is 1. The summed E-state index contributed by atoms with van der Waals surface area (Å²) in [6.07, 6.45) is 2.27. The molecule has 0 radical (unpaired) electrons. The molecule has 0 spiro atoms. The Morgan fingerprint density at radius 1 is 1.14 bits per heavy atom. The maximum atomic E-state index is 12.1. The van der Waals surface area contributed by atoms with E-state index >= 15 is 0 Å². The van der Waals surface area contributed by atoms with Gasteiger partial charge in [-0.15, -0.1) is 0 Å². The van der Waals surface area contributed by atoms with Gasteiger partial charge in [0.1, 0.15) is 5.15 Å². The first kappa shape index (κ1) is 13.7. The molecule has 0 atom stereocenters. The normalized spacial score (nSPS) is 13.4. The van der Waals surface area contributed by atoms with Gasteiger partial charge in [0.15, 0.2) is 11.5 Å². The van der Waals surface area contributed by atoms with Crippen LogP contribution in [0.2, 0.25) is 5.15 Å². The summed E-state index contributed by atoms with van der Waals surface area (Å²) in [5.41, 5.74) is 1.07. The molecule has 1 aliphatic heterocycles. The summed E-state index contributed by atoms with van der Waals surface area (Å²) in [6.45, 7) is 1.24. The number of aromatic nitrogens is 1. The van der Waals surface area contributed by atoms with Crippen molar-refractivity contribution in [3.8, 4) is 11.5 Å². The molecule has 0 fully saturated rings. The summed E-state index contributed by atoms with van der Waals surface area (Å²) in [6, 6.07) is 8.51. The molecule has 1 aliphatic rings. The minimum absolute atomic E-state index is 0.256. The lowest BCUT2D eigenvalue weighted by atomic mass is 10.2. The maximum Gasteiger partial charge on any atom is 0.257 e. The van der Waals surface area contributed by atoms with Crippen LogP contribution in [0.5, 0.6) is 11.5 Å². The van der Waals surface area contributed by atoms with Crippen LogP contribution < -0.4 is 14.8 Å². The molecular weight excluding hydrogens is 292 g/mol. The van der Waals surface area contributed by atoms with Crippen LogP contribution in [0.1, 0.15) is 16.8 Å². The zero-order valence-corrected chi connectivity index (χ0v) is 11.9. The van der Waals surface area contributed by atoms with Crippen LogP contribution in [0.25, 0.3) is 0 Å². The third-order valence-electron chi connectivity index (χ3n) is 2.99. The summed E-state index contributed by atoms with van der Waals surface area (Å²) in [5, 5.41) is 3.14. The Hall–Kier alpha value is -2.27. The number of amides is 1. The van der Waals surface area contributed by atoms with Crippen LogP contribution in [0.3, 0.4) is 0 Å². The average molecular weight is 305 g/mol. The molecule has 108 valence electrons. The van der Waals surface area contributed by atoms with Gasteiger partial charge < -0.3 is 14.8 Å². The maximum absolute atomic E-state index is 12.1. The Labute approximate surface area is 126 Å². The lowest BCUT2D eigenvalue weighted by Gasteiger charge is -2.10. The standard InChI is InChI=1S/C15H13ClN2O3/c16-14-5-2-10(9-17-14)15(19)18-11-3-4-12-13(8-11)21-7-1-6-20-12/h2-5,8-9H,1,6-7H2,(H,18,19). The van der Waals surface area contributed by atoms with E-state index in [-0.39, 0.29) is 5.91 Å². The number of nitrogens with one attached hydrogen (secondary N) is 1. The van der Waals surface area contributed by atoms with E-state index in [0.717, 1.165) is 6.42 Å². The van der Waals surface area contributed by atoms with E-state index in [1.54, 1.807) is 30.3 Å². The van der Waals surface area contributed by atoms with Crippen molar-refractivity contribution in [2.24, 2.45) is 0 Å². The van der Waals surface area contributed by atoms with Gasteiger partial charge in [0.25, 0.3) is 5.91 Å². The number of carbonyl (C=O) groups is 1. The van der Waals surface area contributed by atoms with Crippen molar-refractivity contribution in [2.75, 3.05) is 18.5 Å². The largest absolute Gasteiger partial charge is 0.490 e. The molecule has 0 bridgehead atoms. The van der Waals surface area contributed by atoms with E-state index in [0.29, 0.717) is 41.1 Å². The monoisotopic (exact) mass is 304 g/mol. The lowest BCUT2D eigenvalue weighted by molar-refractivity contribution is 0.102. The molecule has 2 heterocycles. The molecular formula is C15H13ClN2O3. The molecule has 0 aliphatic carbocycles. The third kappa shape index (κ3) is 3.25. The second kappa shape index (κ2) is 6.01. The fourth-order valence-electron chi connectivity index (χ4n) is 1.95. The summed E-state index contributed by atoms with van der Waals surface area (Å²) >= 11 is 5.70. The molecule has 2 aromatic rings. The van der Waals surface area contributed by atoms with Crippen molar-refractivity contribution in [1.29, 1.82) is 0 Å². The summed E-state index contributed by atoms with van der Waals surface area (Å²) in [5.74, 6) is 1.08. The molecule has 1 aromatic carbocycles. The van der Waals surface area contributed by atoms with Crippen molar-refractivity contribution >= 4 is 23.2 Å². The van der Waals surface area contributed by atoms with Crippen LogP contribution in [0.4, 0.5) is 5.69 Å². The lowest BCUT2D eigenvalue weighted by Crippen LogP contribution is -2.12. The van der Waals surface area contributed by atoms with Gasteiger partial charge in [-0.2, -0.15) is 0 Å². The number of pyridine rings is 1. The van der Waals surface area contributed by atoms with Crippen LogP contribution in [0, 0.1) is 0 Å². The Kier molecular flexibility index (Phi) is 3.92. The van der Waals surface area contributed by atoms with Gasteiger partial charge >= 0.3 is 0 Å². The van der Waals surface area contributed by atoms with Gasteiger partial charge in [-0.3, -0.25) is 4.79 Å². The van der Waals surface area contributed by atoms with Crippen molar-refractivity contribution in [2.45, 2.75) is 6.42 Å². The predicted molar refractivity (Wildman–Crippen MR) is 79.2 cm³/mol. The molecule has 0 unspecified atom stereocenters. The van der Waals surface area contributed by atoms with Crippen molar-refractivity contribution in [1.82, 2.24) is 4.98 Å². The molecule has 1 amide bonds. The average Bonchev–Trinajstić information content (AvgIpc) is 2.72. The Morgan fingerprint density at radius 2 is 1.95 bits per heavy atom. The number of hydrogen-bond acceptors (Lipinski definition) is 4. The Bertz CT molecular complexity index is 658. The number of ether oxygens (including phenoxy) is 2. The number of benzene rings is 1. The van der Waals surface area contributed by atoms with Gasteiger partial charge in [-0.25, -0.2) is 4.98 Å². The predicted octanol–water partition coefficient (Wildman–Crippen LogP) is 3.15. The smallest absolute Gasteiger partial charge is 0.257 e. The third-order valence-corrected chi connectivity index (χ3v) is 3.22. The molecule has 1 N–H and O–H groups in total. The molecule has 1 aromatic heterocycles. The first-order valence-corrected chi connectivity index (χ1v) is 6.93. The highest BCUT2D eigenvalue weighted by Gasteiger charge is 2.12. The van der Waals surface area contributed by atoms with Crippen molar-refractivity contribution in [3.63, 3.8) is 0 Å². The molecule has 21 heavy (non-hydrogen) atoms.